The number of halogens is 1. The van der Waals surface area contributed by atoms with Crippen LogP contribution in [0.1, 0.15) is 22.3 Å². The molecule has 0 unspecified atom stereocenters. The fourth-order valence-electron chi connectivity index (χ4n) is 1.42. The van der Waals surface area contributed by atoms with Gasteiger partial charge in [-0.2, -0.15) is 0 Å². The number of hydrogen-bond donors (Lipinski definition) is 1. The van der Waals surface area contributed by atoms with E-state index in [-0.39, 0.29) is 6.61 Å². The third-order valence-electron chi connectivity index (χ3n) is 2.01. The lowest BCUT2D eigenvalue weighted by atomic mass is 10.0. The van der Waals surface area contributed by atoms with Crippen LogP contribution in [-0.2, 0) is 12.5 Å². The van der Waals surface area contributed by atoms with Crippen molar-refractivity contribution in [2.75, 3.05) is 0 Å². The van der Waals surface area contributed by atoms with Crippen LogP contribution in [-0.4, -0.2) is 5.11 Å². The van der Waals surface area contributed by atoms with Gasteiger partial charge < -0.3 is 5.11 Å². The van der Waals surface area contributed by atoms with Crippen LogP contribution >= 0.6 is 11.6 Å². The number of hydrogen-bond acceptors (Lipinski definition) is 1. The molecule has 0 atom stereocenters. The zero-order valence-corrected chi connectivity index (χ0v) is 8.15. The Morgan fingerprint density at radius 2 is 2.00 bits per heavy atom. The summed E-state index contributed by atoms with van der Waals surface area (Å²) >= 11 is 5.76. The first-order valence-corrected chi connectivity index (χ1v) is 4.48. The standard InChI is InChI=1S/C10H13ClO/c1-7-3-8(2)10(5-11)9(4-7)6-12/h3-4,12H,5-6H2,1-2H3. The molecule has 0 bridgehead atoms. The van der Waals surface area contributed by atoms with Gasteiger partial charge in [0, 0.05) is 5.88 Å². The molecule has 0 aliphatic carbocycles. The summed E-state index contributed by atoms with van der Waals surface area (Å²) in [5.74, 6) is 0.474. The first-order valence-electron chi connectivity index (χ1n) is 3.95. The highest BCUT2D eigenvalue weighted by Crippen LogP contribution is 2.18. The Morgan fingerprint density at radius 3 is 2.50 bits per heavy atom. The van der Waals surface area contributed by atoms with Gasteiger partial charge in [0.05, 0.1) is 6.61 Å². The monoisotopic (exact) mass is 184 g/mol. The van der Waals surface area contributed by atoms with Crippen LogP contribution in [0.4, 0.5) is 0 Å². The molecule has 1 aromatic rings. The van der Waals surface area contributed by atoms with E-state index in [1.807, 2.05) is 19.9 Å². The van der Waals surface area contributed by atoms with E-state index in [9.17, 15) is 0 Å². The van der Waals surface area contributed by atoms with E-state index in [1.54, 1.807) is 0 Å². The first-order chi connectivity index (χ1) is 5.69. The molecule has 0 fully saturated rings. The molecule has 1 N–H and O–H groups in total. The molecule has 2 heteroatoms. The number of benzene rings is 1. The van der Waals surface area contributed by atoms with Crippen LogP contribution in [0.3, 0.4) is 0 Å². The molecular weight excluding hydrogens is 172 g/mol. The van der Waals surface area contributed by atoms with Gasteiger partial charge in [-0.25, -0.2) is 0 Å². The van der Waals surface area contributed by atoms with Crippen molar-refractivity contribution in [3.8, 4) is 0 Å². The highest BCUT2D eigenvalue weighted by Gasteiger charge is 2.04. The molecular formula is C10H13ClO. The van der Waals surface area contributed by atoms with E-state index in [2.05, 4.69) is 6.07 Å². The number of aliphatic hydroxyl groups excluding tert-OH is 1. The third-order valence-corrected chi connectivity index (χ3v) is 2.28. The largest absolute Gasteiger partial charge is 0.392 e. The smallest absolute Gasteiger partial charge is 0.0685 e. The zero-order chi connectivity index (χ0) is 9.14. The maximum absolute atomic E-state index is 9.04. The van der Waals surface area contributed by atoms with Crippen molar-refractivity contribution >= 4 is 11.6 Å². The first kappa shape index (κ1) is 9.56. The minimum atomic E-state index is 0.0740. The second-order valence-electron chi connectivity index (χ2n) is 3.01. The molecule has 66 valence electrons. The van der Waals surface area contributed by atoms with Crippen molar-refractivity contribution < 1.29 is 5.11 Å². The molecule has 0 heterocycles. The fraction of sp³-hybridized carbons (Fsp3) is 0.400. The summed E-state index contributed by atoms with van der Waals surface area (Å²) in [6, 6.07) is 4.06. The fourth-order valence-corrected chi connectivity index (χ4v) is 1.80. The van der Waals surface area contributed by atoms with E-state index >= 15 is 0 Å². The van der Waals surface area contributed by atoms with E-state index in [1.165, 1.54) is 5.56 Å². The van der Waals surface area contributed by atoms with Crippen LogP contribution in [0.2, 0.25) is 0 Å². The second kappa shape index (κ2) is 3.92. The molecule has 0 aliphatic rings. The number of rotatable bonds is 2. The Hall–Kier alpha value is -0.530. The summed E-state index contributed by atoms with van der Waals surface area (Å²) in [7, 11) is 0. The summed E-state index contributed by atoms with van der Waals surface area (Å²) in [5, 5.41) is 9.04. The zero-order valence-electron chi connectivity index (χ0n) is 7.39. The molecule has 1 aromatic carbocycles. The van der Waals surface area contributed by atoms with Crippen molar-refractivity contribution in [3.63, 3.8) is 0 Å². The Labute approximate surface area is 78.0 Å². The summed E-state index contributed by atoms with van der Waals surface area (Å²) in [4.78, 5) is 0. The molecule has 12 heavy (non-hydrogen) atoms. The molecule has 0 radical (unpaired) electrons. The average molecular weight is 185 g/mol. The van der Waals surface area contributed by atoms with Gasteiger partial charge in [0.15, 0.2) is 0 Å². The normalized spacial score (nSPS) is 10.3. The Kier molecular flexibility index (Phi) is 3.12. The van der Waals surface area contributed by atoms with Crippen molar-refractivity contribution in [1.29, 1.82) is 0 Å². The van der Waals surface area contributed by atoms with E-state index < -0.39 is 0 Å². The molecule has 0 amide bonds. The van der Waals surface area contributed by atoms with Gasteiger partial charge >= 0.3 is 0 Å². The third kappa shape index (κ3) is 1.79. The highest BCUT2D eigenvalue weighted by molar-refractivity contribution is 6.17. The van der Waals surface area contributed by atoms with Gasteiger partial charge in [0.25, 0.3) is 0 Å². The van der Waals surface area contributed by atoms with Crippen LogP contribution < -0.4 is 0 Å². The average Bonchev–Trinajstić information content (AvgIpc) is 2.03. The predicted octanol–water partition coefficient (Wildman–Crippen LogP) is 2.53. The summed E-state index contributed by atoms with van der Waals surface area (Å²) < 4.78 is 0. The van der Waals surface area contributed by atoms with Crippen molar-refractivity contribution in [2.45, 2.75) is 26.3 Å². The maximum Gasteiger partial charge on any atom is 0.0685 e. The molecule has 0 saturated carbocycles. The minimum absolute atomic E-state index is 0.0740. The van der Waals surface area contributed by atoms with Gasteiger partial charge in [0.1, 0.15) is 0 Å². The van der Waals surface area contributed by atoms with Crippen LogP contribution in [0.15, 0.2) is 12.1 Å². The van der Waals surface area contributed by atoms with Crippen LogP contribution in [0.25, 0.3) is 0 Å². The molecule has 0 aliphatic heterocycles. The second-order valence-corrected chi connectivity index (χ2v) is 3.28. The molecule has 0 spiro atoms. The van der Waals surface area contributed by atoms with E-state index in [0.29, 0.717) is 5.88 Å². The maximum atomic E-state index is 9.04. The lowest BCUT2D eigenvalue weighted by Gasteiger charge is -2.09. The number of aryl methyl sites for hydroxylation is 2. The quantitative estimate of drug-likeness (QED) is 0.701. The summed E-state index contributed by atoms with van der Waals surface area (Å²) in [5.41, 5.74) is 4.34. The topological polar surface area (TPSA) is 20.2 Å². The predicted molar refractivity (Wildman–Crippen MR) is 51.4 cm³/mol. The van der Waals surface area contributed by atoms with Crippen molar-refractivity contribution in [1.82, 2.24) is 0 Å². The highest BCUT2D eigenvalue weighted by atomic mass is 35.5. The van der Waals surface area contributed by atoms with Crippen molar-refractivity contribution in [2.24, 2.45) is 0 Å². The Morgan fingerprint density at radius 1 is 1.33 bits per heavy atom. The van der Waals surface area contributed by atoms with Gasteiger partial charge in [-0.15, -0.1) is 11.6 Å². The van der Waals surface area contributed by atoms with E-state index in [4.69, 9.17) is 16.7 Å². The van der Waals surface area contributed by atoms with Crippen molar-refractivity contribution in [3.05, 3.63) is 34.4 Å². The van der Waals surface area contributed by atoms with Crippen LogP contribution in [0, 0.1) is 13.8 Å². The number of alkyl halides is 1. The Balaban J connectivity index is 3.24. The number of aliphatic hydroxyl groups is 1. The Bertz CT molecular complexity index is 281. The van der Waals surface area contributed by atoms with Crippen LogP contribution in [0.5, 0.6) is 0 Å². The van der Waals surface area contributed by atoms with Gasteiger partial charge in [-0.3, -0.25) is 0 Å². The minimum Gasteiger partial charge on any atom is -0.392 e. The molecule has 0 aromatic heterocycles. The summed E-state index contributed by atoms with van der Waals surface area (Å²) in [6.45, 7) is 4.11. The van der Waals surface area contributed by atoms with E-state index in [0.717, 1.165) is 16.7 Å². The SMILES string of the molecule is Cc1cc(C)c(CCl)c(CO)c1. The molecule has 1 rings (SSSR count). The summed E-state index contributed by atoms with van der Waals surface area (Å²) in [6.07, 6.45) is 0. The van der Waals surface area contributed by atoms with Gasteiger partial charge in [-0.05, 0) is 30.5 Å². The molecule has 1 nitrogen and oxygen atoms in total. The lowest BCUT2D eigenvalue weighted by Crippen LogP contribution is -1.96. The van der Waals surface area contributed by atoms with Gasteiger partial charge in [0.2, 0.25) is 0 Å². The van der Waals surface area contributed by atoms with Gasteiger partial charge in [-0.1, -0.05) is 17.7 Å². The lowest BCUT2D eigenvalue weighted by molar-refractivity contribution is 0.281. The molecule has 0 saturated heterocycles.